The first kappa shape index (κ1) is 17.4. The summed E-state index contributed by atoms with van der Waals surface area (Å²) in [6, 6.07) is 12.3. The highest BCUT2D eigenvalue weighted by Crippen LogP contribution is 2.22. The molecule has 4 nitrogen and oxygen atoms in total. The van der Waals surface area contributed by atoms with Crippen LogP contribution in [-0.2, 0) is 17.9 Å². The molecular weight excluding hydrogens is 361 g/mol. The highest BCUT2D eigenvalue weighted by Gasteiger charge is 2.15. The molecule has 3 aromatic rings. The fourth-order valence-corrected chi connectivity index (χ4v) is 2.66. The van der Waals surface area contributed by atoms with E-state index in [0.29, 0.717) is 40.2 Å². The van der Waals surface area contributed by atoms with Gasteiger partial charge in [-0.3, -0.25) is 4.79 Å². The van der Waals surface area contributed by atoms with E-state index in [2.05, 4.69) is 0 Å². The third-order valence-electron chi connectivity index (χ3n) is 3.53. The molecule has 0 aliphatic heterocycles. The lowest BCUT2D eigenvalue weighted by molar-refractivity contribution is -0.127. The van der Waals surface area contributed by atoms with Gasteiger partial charge in [-0.15, -0.1) is 0 Å². The molecule has 3 rings (SSSR count). The summed E-state index contributed by atoms with van der Waals surface area (Å²) in [7, 11) is 0. The average Bonchev–Trinajstić information content (AvgIpc) is 3.28. The Hall–Kier alpha value is -2.43. The predicted molar refractivity (Wildman–Crippen MR) is 97.2 cm³/mol. The van der Waals surface area contributed by atoms with Crippen molar-refractivity contribution in [3.8, 4) is 0 Å². The van der Waals surface area contributed by atoms with Crippen LogP contribution in [0.25, 0.3) is 6.08 Å². The van der Waals surface area contributed by atoms with Gasteiger partial charge in [0.05, 0.1) is 25.6 Å². The predicted octanol–water partition coefficient (Wildman–Crippen LogP) is 5.42. The Balaban J connectivity index is 1.78. The van der Waals surface area contributed by atoms with Crippen molar-refractivity contribution in [3.63, 3.8) is 0 Å². The first-order valence-corrected chi connectivity index (χ1v) is 8.34. The molecule has 2 heterocycles. The van der Waals surface area contributed by atoms with Gasteiger partial charge >= 0.3 is 0 Å². The molecule has 0 fully saturated rings. The molecule has 0 saturated heterocycles. The first-order valence-electron chi connectivity index (χ1n) is 7.58. The van der Waals surface area contributed by atoms with E-state index in [1.54, 1.807) is 53.8 Å². The van der Waals surface area contributed by atoms with E-state index >= 15 is 0 Å². The molecule has 1 aromatic carbocycles. The Kier molecular flexibility index (Phi) is 5.64. The first-order chi connectivity index (χ1) is 12.1. The molecule has 128 valence electrons. The number of halogens is 2. The van der Waals surface area contributed by atoms with E-state index in [9.17, 15) is 4.79 Å². The van der Waals surface area contributed by atoms with Gasteiger partial charge in [0.2, 0.25) is 5.91 Å². The van der Waals surface area contributed by atoms with Crippen molar-refractivity contribution >= 4 is 35.2 Å². The third kappa shape index (κ3) is 4.78. The maximum absolute atomic E-state index is 12.6. The van der Waals surface area contributed by atoms with Gasteiger partial charge in [-0.05, 0) is 54.1 Å². The van der Waals surface area contributed by atoms with Crippen molar-refractivity contribution in [2.45, 2.75) is 13.1 Å². The second kappa shape index (κ2) is 8.10. The molecule has 0 aliphatic carbocycles. The van der Waals surface area contributed by atoms with E-state index in [-0.39, 0.29) is 5.91 Å². The molecule has 0 aliphatic rings. The van der Waals surface area contributed by atoms with Gasteiger partial charge in [-0.25, -0.2) is 0 Å². The number of carbonyl (C=O) groups is 1. The number of benzene rings is 1. The van der Waals surface area contributed by atoms with Gasteiger partial charge in [-0.1, -0.05) is 23.2 Å². The zero-order chi connectivity index (χ0) is 17.6. The van der Waals surface area contributed by atoms with Crippen LogP contribution in [0, 0.1) is 0 Å². The molecule has 0 spiro atoms. The largest absolute Gasteiger partial charge is 0.467 e. The normalized spacial score (nSPS) is 11.1. The Morgan fingerprint density at radius 3 is 2.20 bits per heavy atom. The van der Waals surface area contributed by atoms with Crippen LogP contribution in [0.4, 0.5) is 0 Å². The van der Waals surface area contributed by atoms with Crippen molar-refractivity contribution in [3.05, 3.63) is 88.2 Å². The van der Waals surface area contributed by atoms with Gasteiger partial charge in [0.25, 0.3) is 0 Å². The zero-order valence-corrected chi connectivity index (χ0v) is 14.7. The van der Waals surface area contributed by atoms with Crippen LogP contribution in [0.15, 0.2) is 69.9 Å². The molecule has 1 amide bonds. The summed E-state index contributed by atoms with van der Waals surface area (Å²) in [5.74, 6) is 1.19. The molecule has 6 heteroatoms. The van der Waals surface area contributed by atoms with E-state index in [0.717, 1.165) is 0 Å². The summed E-state index contributed by atoms with van der Waals surface area (Å²) in [5, 5.41) is 1.08. The van der Waals surface area contributed by atoms with Gasteiger partial charge in [0.1, 0.15) is 11.5 Å². The van der Waals surface area contributed by atoms with Gasteiger partial charge < -0.3 is 13.7 Å². The number of rotatable bonds is 6. The summed E-state index contributed by atoms with van der Waals surface area (Å²) in [4.78, 5) is 14.3. The van der Waals surface area contributed by atoms with Crippen LogP contribution in [0.5, 0.6) is 0 Å². The molecule has 0 N–H and O–H groups in total. The van der Waals surface area contributed by atoms with Crippen LogP contribution in [0.2, 0.25) is 10.0 Å². The Morgan fingerprint density at radius 1 is 1.00 bits per heavy atom. The minimum atomic E-state index is -0.191. The second-order valence-corrected chi connectivity index (χ2v) is 6.20. The van der Waals surface area contributed by atoms with Gasteiger partial charge in [0.15, 0.2) is 0 Å². The monoisotopic (exact) mass is 375 g/mol. The summed E-state index contributed by atoms with van der Waals surface area (Å²) in [6.45, 7) is 0.667. The Morgan fingerprint density at radius 2 is 1.64 bits per heavy atom. The second-order valence-electron chi connectivity index (χ2n) is 5.35. The zero-order valence-electron chi connectivity index (χ0n) is 13.2. The van der Waals surface area contributed by atoms with Gasteiger partial charge in [-0.2, -0.15) is 0 Å². The highest BCUT2D eigenvalue weighted by atomic mass is 35.5. The van der Waals surface area contributed by atoms with Crippen LogP contribution >= 0.6 is 23.2 Å². The molecule has 0 bridgehead atoms. The topological polar surface area (TPSA) is 46.6 Å². The van der Waals surface area contributed by atoms with Crippen molar-refractivity contribution in [1.82, 2.24) is 4.90 Å². The smallest absolute Gasteiger partial charge is 0.247 e. The number of hydrogen-bond donors (Lipinski definition) is 0. The lowest BCUT2D eigenvalue weighted by atomic mass is 10.2. The number of furan rings is 2. The molecule has 0 atom stereocenters. The lowest BCUT2D eigenvalue weighted by Gasteiger charge is -2.18. The van der Waals surface area contributed by atoms with E-state index < -0.39 is 0 Å². The molecular formula is C19H15Cl2NO3. The molecule has 2 aromatic heterocycles. The fraction of sp³-hybridized carbons (Fsp3) is 0.105. The third-order valence-corrected chi connectivity index (χ3v) is 4.11. The van der Waals surface area contributed by atoms with E-state index in [4.69, 9.17) is 32.0 Å². The lowest BCUT2D eigenvalue weighted by Crippen LogP contribution is -2.28. The minimum absolute atomic E-state index is 0.191. The minimum Gasteiger partial charge on any atom is -0.467 e. The standard InChI is InChI=1S/C19H15Cl2NO3/c20-15-6-7-18(21)14(11-15)5-8-19(23)22(12-16-3-1-9-24-16)13-17-4-2-10-25-17/h1-11H,12-13H2/b8-5+. The van der Waals surface area contributed by atoms with Crippen molar-refractivity contribution in [2.24, 2.45) is 0 Å². The number of amides is 1. The number of carbonyl (C=O) groups excluding carboxylic acids is 1. The van der Waals surface area contributed by atoms with Crippen LogP contribution in [-0.4, -0.2) is 10.8 Å². The molecule has 0 saturated carbocycles. The number of hydrogen-bond acceptors (Lipinski definition) is 3. The maximum atomic E-state index is 12.6. The maximum Gasteiger partial charge on any atom is 0.247 e. The van der Waals surface area contributed by atoms with Crippen molar-refractivity contribution in [2.75, 3.05) is 0 Å². The van der Waals surface area contributed by atoms with E-state index in [1.165, 1.54) is 6.08 Å². The average molecular weight is 376 g/mol. The van der Waals surface area contributed by atoms with Gasteiger partial charge in [0, 0.05) is 16.1 Å². The van der Waals surface area contributed by atoms with Crippen molar-refractivity contribution in [1.29, 1.82) is 0 Å². The summed E-state index contributed by atoms with van der Waals surface area (Å²) in [5.41, 5.74) is 0.679. The number of nitrogens with zero attached hydrogens (tertiary/aromatic N) is 1. The molecule has 0 radical (unpaired) electrons. The fourth-order valence-electron chi connectivity index (χ4n) is 2.30. The van der Waals surface area contributed by atoms with Crippen LogP contribution in [0.3, 0.4) is 0 Å². The van der Waals surface area contributed by atoms with Crippen LogP contribution < -0.4 is 0 Å². The van der Waals surface area contributed by atoms with E-state index in [1.807, 2.05) is 12.1 Å². The molecule has 25 heavy (non-hydrogen) atoms. The SMILES string of the molecule is O=C(/C=C/c1cc(Cl)ccc1Cl)N(Cc1ccco1)Cc1ccco1. The molecule has 0 unspecified atom stereocenters. The summed E-state index contributed by atoms with van der Waals surface area (Å²) >= 11 is 12.1. The highest BCUT2D eigenvalue weighted by molar-refractivity contribution is 6.34. The van der Waals surface area contributed by atoms with Crippen LogP contribution in [0.1, 0.15) is 17.1 Å². The van der Waals surface area contributed by atoms with Crippen molar-refractivity contribution < 1.29 is 13.6 Å². The summed E-state index contributed by atoms with van der Waals surface area (Å²) < 4.78 is 10.7. The summed E-state index contributed by atoms with van der Waals surface area (Å²) in [6.07, 6.45) is 6.26. The quantitative estimate of drug-likeness (QED) is 0.540. The Labute approximate surface area is 155 Å². The Bertz CT molecular complexity index is 819.